The first kappa shape index (κ1) is 21.4. The molecule has 0 spiro atoms. The zero-order chi connectivity index (χ0) is 19.8. The van der Waals surface area contributed by atoms with Gasteiger partial charge in [0.1, 0.15) is 0 Å². The van der Waals surface area contributed by atoms with Crippen LogP contribution in [-0.4, -0.2) is 86.1 Å². The molecule has 1 amide bonds. The van der Waals surface area contributed by atoms with Crippen molar-refractivity contribution in [1.29, 1.82) is 0 Å². The maximum atomic E-state index is 11.9. The Morgan fingerprint density at radius 3 is 2.59 bits per heavy atom. The van der Waals surface area contributed by atoms with Gasteiger partial charge >= 0.3 is 0 Å². The third-order valence-electron chi connectivity index (χ3n) is 4.14. The summed E-state index contributed by atoms with van der Waals surface area (Å²) in [6.07, 6.45) is 0. The summed E-state index contributed by atoms with van der Waals surface area (Å²) in [5.74, 6) is 1.02. The van der Waals surface area contributed by atoms with Gasteiger partial charge in [0, 0.05) is 58.2 Å². The van der Waals surface area contributed by atoms with E-state index in [1.165, 1.54) is 0 Å². The summed E-state index contributed by atoms with van der Waals surface area (Å²) in [4.78, 5) is 27.8. The predicted molar refractivity (Wildman–Crippen MR) is 113 cm³/mol. The number of carbonyl (C=O) groups excluding carboxylic acids is 1. The lowest BCUT2D eigenvalue weighted by atomic mass is 10.3. The van der Waals surface area contributed by atoms with Crippen LogP contribution in [0.2, 0.25) is 0 Å². The lowest BCUT2D eigenvalue weighted by Crippen LogP contribution is -2.54. The molecule has 2 heterocycles. The van der Waals surface area contributed by atoms with Crippen molar-refractivity contribution in [3.8, 4) is 0 Å². The van der Waals surface area contributed by atoms with Gasteiger partial charge in [-0.3, -0.25) is 9.69 Å². The van der Waals surface area contributed by atoms with Crippen LogP contribution in [0.1, 0.15) is 26.5 Å². The number of rotatable bonds is 7. The highest BCUT2D eigenvalue weighted by atomic mass is 32.1. The van der Waals surface area contributed by atoms with Crippen LogP contribution in [0.5, 0.6) is 0 Å². The molecule has 9 heteroatoms. The second kappa shape index (κ2) is 10.5. The third-order valence-corrected chi connectivity index (χ3v) is 5.19. The Balaban J connectivity index is 1.88. The number of hydrogen-bond acceptors (Lipinski definition) is 6. The average molecular weight is 396 g/mol. The molecule has 0 aromatic carbocycles. The van der Waals surface area contributed by atoms with E-state index in [0.29, 0.717) is 13.1 Å². The summed E-state index contributed by atoms with van der Waals surface area (Å²) in [7, 11) is 3.99. The molecule has 1 aliphatic rings. The topological polar surface area (TPSA) is 76.1 Å². The molecule has 1 fully saturated rings. The van der Waals surface area contributed by atoms with Crippen molar-refractivity contribution in [3.63, 3.8) is 0 Å². The zero-order valence-electron chi connectivity index (χ0n) is 17.2. The van der Waals surface area contributed by atoms with Crippen LogP contribution in [-0.2, 0) is 11.3 Å². The second-order valence-electron chi connectivity index (χ2n) is 7.17. The van der Waals surface area contributed by atoms with Crippen LogP contribution in [0.15, 0.2) is 10.4 Å². The molecule has 8 nitrogen and oxygen atoms in total. The molecule has 1 aliphatic heterocycles. The molecule has 0 radical (unpaired) electrons. The fourth-order valence-electron chi connectivity index (χ4n) is 2.84. The Kier molecular flexibility index (Phi) is 8.30. The number of thiazole rings is 1. The molecule has 0 saturated carbocycles. The number of carbonyl (C=O) groups is 1. The number of piperazine rings is 1. The molecule has 1 saturated heterocycles. The average Bonchev–Trinajstić information content (AvgIpc) is 3.08. The molecule has 0 unspecified atom stereocenters. The normalized spacial score (nSPS) is 15.9. The van der Waals surface area contributed by atoms with Crippen LogP contribution in [0.3, 0.4) is 0 Å². The van der Waals surface area contributed by atoms with E-state index < -0.39 is 0 Å². The van der Waals surface area contributed by atoms with Gasteiger partial charge in [-0.25, -0.2) is 9.98 Å². The lowest BCUT2D eigenvalue weighted by Gasteiger charge is -2.36. The summed E-state index contributed by atoms with van der Waals surface area (Å²) in [5.41, 5.74) is 0.989. The number of anilines is 1. The number of aromatic nitrogens is 1. The van der Waals surface area contributed by atoms with Crippen molar-refractivity contribution < 1.29 is 4.79 Å². The van der Waals surface area contributed by atoms with Gasteiger partial charge in [-0.05, 0) is 20.8 Å². The number of hydrogen-bond donors (Lipinski definition) is 2. The van der Waals surface area contributed by atoms with Gasteiger partial charge in [0.25, 0.3) is 0 Å². The second-order valence-corrected chi connectivity index (χ2v) is 8.01. The quantitative estimate of drug-likeness (QED) is 0.526. The number of nitrogens with zero attached hydrogens (tertiary/aromatic N) is 5. The van der Waals surface area contributed by atoms with E-state index in [4.69, 9.17) is 4.99 Å². The molecule has 2 rings (SSSR count). The van der Waals surface area contributed by atoms with Crippen LogP contribution < -0.4 is 15.5 Å². The Morgan fingerprint density at radius 2 is 2.04 bits per heavy atom. The van der Waals surface area contributed by atoms with E-state index in [-0.39, 0.29) is 11.9 Å². The number of amides is 1. The predicted octanol–water partition coefficient (Wildman–Crippen LogP) is 0.817. The van der Waals surface area contributed by atoms with E-state index in [1.807, 2.05) is 32.8 Å². The SMILES string of the molecule is CCNC(=NCc1csc(N(C)C)n1)N1CCN(CC(=O)NC(C)C)CC1. The molecule has 27 heavy (non-hydrogen) atoms. The monoisotopic (exact) mass is 395 g/mol. The minimum Gasteiger partial charge on any atom is -0.357 e. The van der Waals surface area contributed by atoms with Crippen molar-refractivity contribution in [1.82, 2.24) is 25.4 Å². The maximum Gasteiger partial charge on any atom is 0.234 e. The molecule has 0 atom stereocenters. The lowest BCUT2D eigenvalue weighted by molar-refractivity contribution is -0.123. The van der Waals surface area contributed by atoms with Crippen molar-refractivity contribution >= 4 is 28.3 Å². The Hall–Kier alpha value is -1.87. The van der Waals surface area contributed by atoms with Crippen LogP contribution in [0, 0.1) is 0 Å². The third kappa shape index (κ3) is 6.99. The number of guanidine groups is 1. The largest absolute Gasteiger partial charge is 0.357 e. The van der Waals surface area contributed by atoms with Crippen LogP contribution in [0.25, 0.3) is 0 Å². The fraction of sp³-hybridized carbons (Fsp3) is 0.722. The Labute approximate surface area is 166 Å². The van der Waals surface area contributed by atoms with E-state index in [2.05, 4.69) is 37.7 Å². The summed E-state index contributed by atoms with van der Waals surface area (Å²) in [5, 5.41) is 9.39. The highest BCUT2D eigenvalue weighted by Crippen LogP contribution is 2.18. The smallest absolute Gasteiger partial charge is 0.234 e. The summed E-state index contributed by atoms with van der Waals surface area (Å²) in [6, 6.07) is 0.185. The minimum absolute atomic E-state index is 0.0965. The number of aliphatic imine (C=N–C) groups is 1. The standard InChI is InChI=1S/C18H33N7OS/c1-6-19-17(20-11-15-13-27-18(22-15)23(4)5)25-9-7-24(8-10-25)12-16(26)21-14(2)3/h13-14H,6-12H2,1-5H3,(H,19,20)(H,21,26). The summed E-state index contributed by atoms with van der Waals surface area (Å²) < 4.78 is 0. The minimum atomic E-state index is 0.0965. The van der Waals surface area contributed by atoms with Gasteiger partial charge in [-0.1, -0.05) is 0 Å². The molecule has 0 bridgehead atoms. The maximum absolute atomic E-state index is 11.9. The van der Waals surface area contributed by atoms with Crippen molar-refractivity contribution in [2.75, 3.05) is 58.3 Å². The van der Waals surface area contributed by atoms with Gasteiger partial charge in [0.2, 0.25) is 5.91 Å². The van der Waals surface area contributed by atoms with E-state index in [9.17, 15) is 4.79 Å². The molecule has 0 aliphatic carbocycles. The van der Waals surface area contributed by atoms with Gasteiger partial charge in [-0.15, -0.1) is 11.3 Å². The Bertz CT molecular complexity index is 621. The van der Waals surface area contributed by atoms with Crippen LogP contribution >= 0.6 is 11.3 Å². The van der Waals surface area contributed by atoms with E-state index >= 15 is 0 Å². The molecule has 1 aromatic heterocycles. The van der Waals surface area contributed by atoms with Crippen LogP contribution in [0.4, 0.5) is 5.13 Å². The van der Waals surface area contributed by atoms with Gasteiger partial charge in [0.15, 0.2) is 11.1 Å². The first-order valence-corrected chi connectivity index (χ1v) is 10.4. The molecule has 152 valence electrons. The van der Waals surface area contributed by atoms with Crippen molar-refractivity contribution in [2.24, 2.45) is 4.99 Å². The summed E-state index contributed by atoms with van der Waals surface area (Å²) >= 11 is 1.64. The molecular formula is C18H33N7OS. The Morgan fingerprint density at radius 1 is 1.33 bits per heavy atom. The number of nitrogens with one attached hydrogen (secondary N) is 2. The first-order valence-electron chi connectivity index (χ1n) is 9.55. The molecule has 2 N–H and O–H groups in total. The van der Waals surface area contributed by atoms with Crippen molar-refractivity contribution in [2.45, 2.75) is 33.4 Å². The summed E-state index contributed by atoms with van der Waals surface area (Å²) in [6.45, 7) is 11.4. The highest BCUT2D eigenvalue weighted by molar-refractivity contribution is 7.13. The first-order chi connectivity index (χ1) is 12.9. The fourth-order valence-corrected chi connectivity index (χ4v) is 3.59. The highest BCUT2D eigenvalue weighted by Gasteiger charge is 2.21. The van der Waals surface area contributed by atoms with E-state index in [1.54, 1.807) is 11.3 Å². The molecular weight excluding hydrogens is 362 g/mol. The van der Waals surface area contributed by atoms with Crippen molar-refractivity contribution in [3.05, 3.63) is 11.1 Å². The van der Waals surface area contributed by atoms with Gasteiger partial charge in [-0.2, -0.15) is 0 Å². The van der Waals surface area contributed by atoms with Gasteiger partial charge in [0.05, 0.1) is 18.8 Å². The molecule has 1 aromatic rings. The zero-order valence-corrected chi connectivity index (χ0v) is 18.0. The van der Waals surface area contributed by atoms with E-state index in [0.717, 1.165) is 49.5 Å². The van der Waals surface area contributed by atoms with Gasteiger partial charge < -0.3 is 20.4 Å².